The molecule has 13 nitrogen and oxygen atoms in total. The number of phosphoric acid groups is 1. The van der Waals surface area contributed by atoms with E-state index in [0.717, 1.165) is 27.2 Å². The number of hydrogen-bond acceptors (Lipinski definition) is 7. The van der Waals surface area contributed by atoms with E-state index in [0.29, 0.717) is 27.5 Å². The van der Waals surface area contributed by atoms with Crippen LogP contribution in [0, 0.1) is 5.95 Å². The summed E-state index contributed by atoms with van der Waals surface area (Å²) in [6.45, 7) is -2.13. The first-order chi connectivity index (χ1) is 19.3. The molecule has 1 fully saturated rings. The van der Waals surface area contributed by atoms with Crippen LogP contribution in [0.5, 0.6) is 0 Å². The molecule has 0 radical (unpaired) electrons. The van der Waals surface area contributed by atoms with E-state index in [1.165, 1.54) is 12.3 Å². The Morgan fingerprint density at radius 3 is 2.66 bits per heavy atom. The maximum absolute atomic E-state index is 14.6. The highest BCUT2D eigenvalue weighted by molar-refractivity contribution is 7.46. The van der Waals surface area contributed by atoms with Gasteiger partial charge in [0.25, 0.3) is 5.56 Å². The third-order valence-electron chi connectivity index (χ3n) is 6.72. The van der Waals surface area contributed by atoms with Crippen LogP contribution < -0.4 is 11.2 Å². The number of benzene rings is 1. The Labute approximate surface area is 224 Å². The lowest BCUT2D eigenvalue weighted by Gasteiger charge is -2.11. The Balaban J connectivity index is 1.39. The molecule has 5 aromatic rings. The number of imidazole rings is 1. The molecule has 18 heteroatoms. The fourth-order valence-electron chi connectivity index (χ4n) is 4.82. The second-order valence-corrected chi connectivity index (χ2v) is 10.7. The van der Waals surface area contributed by atoms with Gasteiger partial charge in [0.2, 0.25) is 5.95 Å². The first-order valence-corrected chi connectivity index (χ1v) is 13.4. The lowest BCUT2D eigenvalue weighted by atomic mass is 10.0. The zero-order chi connectivity index (χ0) is 29.3. The molecule has 1 saturated carbocycles. The maximum atomic E-state index is 14.6. The summed E-state index contributed by atoms with van der Waals surface area (Å²) in [5.74, 6) is -1.27. The van der Waals surface area contributed by atoms with Gasteiger partial charge in [0.15, 0.2) is 5.65 Å². The number of alkyl halides is 3. The van der Waals surface area contributed by atoms with Gasteiger partial charge in [-0.2, -0.15) is 32.3 Å². The van der Waals surface area contributed by atoms with E-state index in [4.69, 9.17) is 9.79 Å². The molecule has 4 aromatic heterocycles. The summed E-state index contributed by atoms with van der Waals surface area (Å²) in [5.41, 5.74) is -0.487. The number of hydrogen-bond donors (Lipinski definition) is 3. The third-order valence-corrected chi connectivity index (χ3v) is 7.17. The van der Waals surface area contributed by atoms with Gasteiger partial charge in [0.1, 0.15) is 13.3 Å². The Morgan fingerprint density at radius 2 is 1.93 bits per heavy atom. The van der Waals surface area contributed by atoms with Crippen LogP contribution >= 0.6 is 7.82 Å². The van der Waals surface area contributed by atoms with Gasteiger partial charge in [-0.1, -0.05) is 12.1 Å². The van der Waals surface area contributed by atoms with Gasteiger partial charge in [0, 0.05) is 17.1 Å². The summed E-state index contributed by atoms with van der Waals surface area (Å²) < 4.78 is 71.5. The average Bonchev–Trinajstić information content (AvgIpc) is 3.46. The lowest BCUT2D eigenvalue weighted by Crippen LogP contribution is -2.31. The Bertz CT molecular complexity index is 1990. The average molecular weight is 595 g/mol. The monoisotopic (exact) mass is 595 g/mol. The van der Waals surface area contributed by atoms with Crippen molar-refractivity contribution in [3.63, 3.8) is 0 Å². The van der Waals surface area contributed by atoms with E-state index in [9.17, 15) is 31.7 Å². The van der Waals surface area contributed by atoms with Gasteiger partial charge in [0.05, 0.1) is 29.2 Å². The summed E-state index contributed by atoms with van der Waals surface area (Å²) >= 11 is 0. The quantitative estimate of drug-likeness (QED) is 0.189. The smallest absolute Gasteiger partial charge is 0.303 e. The van der Waals surface area contributed by atoms with Crippen molar-refractivity contribution in [3.05, 3.63) is 80.8 Å². The minimum Gasteiger partial charge on any atom is -0.303 e. The molecule has 3 N–H and O–H groups in total. The lowest BCUT2D eigenvalue weighted by molar-refractivity contribution is -0.141. The largest absolute Gasteiger partial charge is 0.471 e. The van der Waals surface area contributed by atoms with Crippen LogP contribution in [0.25, 0.3) is 27.8 Å². The molecule has 1 aliphatic rings. The molecule has 2 atom stereocenters. The first-order valence-electron chi connectivity index (χ1n) is 11.9. The van der Waals surface area contributed by atoms with Crippen molar-refractivity contribution >= 4 is 24.4 Å². The van der Waals surface area contributed by atoms with Crippen molar-refractivity contribution in [3.8, 4) is 11.3 Å². The van der Waals surface area contributed by atoms with E-state index in [-0.39, 0.29) is 28.7 Å². The summed E-state index contributed by atoms with van der Waals surface area (Å²) in [5, 5.41) is 8.50. The Kier molecular flexibility index (Phi) is 6.22. The van der Waals surface area contributed by atoms with E-state index in [1.54, 1.807) is 18.2 Å². The molecule has 214 valence electrons. The van der Waals surface area contributed by atoms with Gasteiger partial charge < -0.3 is 9.79 Å². The van der Waals surface area contributed by atoms with E-state index in [1.807, 2.05) is 4.98 Å². The highest BCUT2D eigenvalue weighted by atomic mass is 31.2. The number of nitrogens with one attached hydrogen (secondary N) is 1. The zero-order valence-electron chi connectivity index (χ0n) is 20.5. The molecule has 41 heavy (non-hydrogen) atoms. The van der Waals surface area contributed by atoms with Crippen LogP contribution in [-0.4, -0.2) is 49.9 Å². The molecule has 0 saturated heterocycles. The maximum Gasteiger partial charge on any atom is 0.471 e. The standard InChI is InChI=1S/C23H18F4N7O6P/c24-19-7-28-20-15(14-4-13(14)11-1-2-12-6-29-33(18(12)3-11)9-23(25,26)27)5-17(31-34(19)20)16-8-32(10-40-41(37,38)39)22(36)30-21(16)35/h1-3,5-8,13-14H,4,9-10H2,(H,30,35,36)(H2,37,38,39)/t13-,14+/m0/s1. The molecule has 1 aromatic carbocycles. The van der Waals surface area contributed by atoms with Crippen LogP contribution in [-0.2, 0) is 22.4 Å². The summed E-state index contributed by atoms with van der Waals surface area (Å²) in [6.07, 6.45) is -0.651. The number of aromatic nitrogens is 7. The molecular formula is C23H18F4N7O6P. The second kappa shape index (κ2) is 9.44. The first kappa shape index (κ1) is 27.0. The van der Waals surface area contributed by atoms with Crippen molar-refractivity contribution in [2.45, 2.75) is 37.7 Å². The van der Waals surface area contributed by atoms with Crippen molar-refractivity contribution in [2.24, 2.45) is 0 Å². The molecular weight excluding hydrogens is 577 g/mol. The molecule has 0 aliphatic heterocycles. The van der Waals surface area contributed by atoms with Gasteiger partial charge >= 0.3 is 19.7 Å². The second-order valence-electron chi connectivity index (χ2n) is 9.51. The van der Waals surface area contributed by atoms with Crippen LogP contribution in [0.1, 0.15) is 29.4 Å². The number of phosphoric ester groups is 1. The summed E-state index contributed by atoms with van der Waals surface area (Å²) in [6, 6.07) is 6.57. The van der Waals surface area contributed by atoms with Crippen molar-refractivity contribution in [1.29, 1.82) is 0 Å². The SMILES string of the molecule is O=c1[nH]c(=O)n(COP(=O)(O)O)cc1-c1cc([C@@H]2C[C@H]2c2ccc3cnn(CC(F)(F)F)c3c2)c2ncc(F)n2n1. The van der Waals surface area contributed by atoms with Crippen molar-refractivity contribution in [2.75, 3.05) is 0 Å². The minimum absolute atomic E-state index is 0.0695. The van der Waals surface area contributed by atoms with Crippen LogP contribution in [0.3, 0.4) is 0 Å². The van der Waals surface area contributed by atoms with Crippen LogP contribution in [0.15, 0.2) is 52.4 Å². The molecule has 0 amide bonds. The fraction of sp³-hybridized carbons (Fsp3) is 0.261. The fourth-order valence-corrected chi connectivity index (χ4v) is 5.09. The highest BCUT2D eigenvalue weighted by Gasteiger charge is 2.42. The molecule has 0 spiro atoms. The molecule has 0 unspecified atom stereocenters. The topological polar surface area (TPSA) is 170 Å². The van der Waals surface area contributed by atoms with E-state index < -0.39 is 44.5 Å². The Hall–Kier alpha value is -4.18. The third kappa shape index (κ3) is 5.31. The number of rotatable bonds is 7. The van der Waals surface area contributed by atoms with Gasteiger partial charge in [-0.15, -0.1) is 0 Å². The van der Waals surface area contributed by atoms with Gasteiger partial charge in [-0.25, -0.2) is 14.3 Å². The molecule has 0 bridgehead atoms. The predicted octanol–water partition coefficient (Wildman–Crippen LogP) is 2.64. The van der Waals surface area contributed by atoms with E-state index >= 15 is 0 Å². The Morgan fingerprint density at radius 1 is 1.15 bits per heavy atom. The van der Waals surface area contributed by atoms with E-state index in [2.05, 4.69) is 19.7 Å². The number of halogens is 4. The van der Waals surface area contributed by atoms with Crippen molar-refractivity contribution < 1.29 is 36.4 Å². The normalized spacial score (nSPS) is 17.5. The molecule has 1 aliphatic carbocycles. The van der Waals surface area contributed by atoms with Crippen molar-refractivity contribution in [1.82, 2.24) is 33.9 Å². The predicted molar refractivity (Wildman–Crippen MR) is 132 cm³/mol. The van der Waals surface area contributed by atoms with Gasteiger partial charge in [-0.05, 0) is 36.0 Å². The number of H-pyrrole nitrogens is 1. The van der Waals surface area contributed by atoms with Gasteiger partial charge in [-0.3, -0.25) is 23.6 Å². The molecule has 4 heterocycles. The summed E-state index contributed by atoms with van der Waals surface area (Å²) in [7, 11) is -4.95. The number of nitrogens with zero attached hydrogens (tertiary/aromatic N) is 6. The highest BCUT2D eigenvalue weighted by Crippen LogP contribution is 2.56. The number of aromatic amines is 1. The number of fused-ring (bicyclic) bond motifs is 2. The van der Waals surface area contributed by atoms with Crippen LogP contribution in [0.2, 0.25) is 0 Å². The summed E-state index contributed by atoms with van der Waals surface area (Å²) in [4.78, 5) is 48.8. The minimum atomic E-state index is -4.95. The molecule has 6 rings (SSSR count). The van der Waals surface area contributed by atoms with Crippen LogP contribution in [0.4, 0.5) is 17.6 Å². The zero-order valence-corrected chi connectivity index (χ0v) is 21.4.